The molecule has 3 N–H and O–H groups in total. The van der Waals surface area contributed by atoms with Gasteiger partial charge in [-0.05, 0) is 12.8 Å². The summed E-state index contributed by atoms with van der Waals surface area (Å²) in [5, 5.41) is 17.3. The Balaban J connectivity index is 0.00000264. The van der Waals surface area contributed by atoms with Crippen LogP contribution in [-0.4, -0.2) is 53.3 Å². The van der Waals surface area contributed by atoms with Crippen LogP contribution in [-0.2, 0) is 17.8 Å². The number of aryl methyl sites for hydroxylation is 1. The predicted octanol–water partition coefficient (Wildman–Crippen LogP) is 0.150. The van der Waals surface area contributed by atoms with E-state index in [1.165, 1.54) is 0 Å². The molecule has 0 radical (unpaired) electrons. The average Bonchev–Trinajstić information content (AvgIpc) is 3.29. The van der Waals surface area contributed by atoms with E-state index >= 15 is 0 Å². The lowest BCUT2D eigenvalue weighted by Gasteiger charge is -2.13. The molecule has 0 saturated heterocycles. The molecule has 2 rings (SSSR count). The van der Waals surface area contributed by atoms with E-state index in [-0.39, 0.29) is 35.8 Å². The fourth-order valence-corrected chi connectivity index (χ4v) is 2.11. The van der Waals surface area contributed by atoms with E-state index < -0.39 is 0 Å². The summed E-state index contributed by atoms with van der Waals surface area (Å²) in [5.41, 5.74) is 0. The van der Waals surface area contributed by atoms with Gasteiger partial charge in [-0.15, -0.1) is 34.2 Å². The second-order valence-corrected chi connectivity index (χ2v) is 5.29. The minimum absolute atomic E-state index is 0. The van der Waals surface area contributed by atoms with Crippen LogP contribution in [0.4, 0.5) is 0 Å². The largest absolute Gasteiger partial charge is 0.355 e. The third kappa shape index (κ3) is 6.71. The highest BCUT2D eigenvalue weighted by atomic mass is 127. The first-order chi connectivity index (χ1) is 10.7. The number of amides is 1. The monoisotopic (exact) mass is 435 g/mol. The van der Waals surface area contributed by atoms with Crippen LogP contribution in [0, 0.1) is 5.92 Å². The molecule has 0 bridgehead atoms. The Hall–Kier alpha value is -1.39. The van der Waals surface area contributed by atoms with Gasteiger partial charge in [0.05, 0.1) is 0 Å². The topological polar surface area (TPSA) is 96.2 Å². The number of hydrogen-bond acceptors (Lipinski definition) is 4. The van der Waals surface area contributed by atoms with E-state index in [0.29, 0.717) is 13.1 Å². The van der Waals surface area contributed by atoms with Gasteiger partial charge in [-0.25, -0.2) is 0 Å². The number of halogens is 1. The van der Waals surface area contributed by atoms with E-state index in [1.54, 1.807) is 13.4 Å². The molecule has 1 aliphatic rings. The molecule has 130 valence electrons. The summed E-state index contributed by atoms with van der Waals surface area (Å²) in [7, 11) is 1.73. The molecule has 1 amide bonds. The van der Waals surface area contributed by atoms with Crippen LogP contribution in [0.1, 0.15) is 25.6 Å². The first kappa shape index (κ1) is 19.7. The molecule has 0 unspecified atom stereocenters. The molecule has 1 fully saturated rings. The third-order valence-electron chi connectivity index (χ3n) is 3.55. The minimum atomic E-state index is 0. The summed E-state index contributed by atoms with van der Waals surface area (Å²) in [5.74, 6) is 2.14. The van der Waals surface area contributed by atoms with E-state index in [9.17, 15) is 4.79 Å². The van der Waals surface area contributed by atoms with Gasteiger partial charge in [0.1, 0.15) is 12.2 Å². The van der Waals surface area contributed by atoms with Crippen LogP contribution in [0.25, 0.3) is 0 Å². The standard InChI is InChI=1S/C14H25N7O.HI/c1-3-12-20-19-10-21(12)9-8-18-14(15-2)17-7-6-16-13(22)11-4-5-11;/h10-11H,3-9H2,1-2H3,(H,16,22)(H2,15,17,18);1H. The Morgan fingerprint density at radius 2 is 2.00 bits per heavy atom. The Labute approximate surface area is 153 Å². The molecule has 1 saturated carbocycles. The van der Waals surface area contributed by atoms with Crippen molar-refractivity contribution in [1.29, 1.82) is 0 Å². The minimum Gasteiger partial charge on any atom is -0.355 e. The molecule has 0 aromatic carbocycles. The zero-order chi connectivity index (χ0) is 15.8. The van der Waals surface area contributed by atoms with Gasteiger partial charge in [-0.2, -0.15) is 0 Å². The van der Waals surface area contributed by atoms with Crippen molar-refractivity contribution in [3.63, 3.8) is 0 Å². The number of carbonyl (C=O) groups excluding carboxylic acids is 1. The Morgan fingerprint density at radius 1 is 1.30 bits per heavy atom. The van der Waals surface area contributed by atoms with Crippen LogP contribution in [0.15, 0.2) is 11.3 Å². The third-order valence-corrected chi connectivity index (χ3v) is 3.55. The fourth-order valence-electron chi connectivity index (χ4n) is 2.11. The van der Waals surface area contributed by atoms with Crippen molar-refractivity contribution in [2.24, 2.45) is 10.9 Å². The second kappa shape index (κ2) is 10.4. The quantitative estimate of drug-likeness (QED) is 0.234. The van der Waals surface area contributed by atoms with E-state index in [4.69, 9.17) is 0 Å². The van der Waals surface area contributed by atoms with Crippen molar-refractivity contribution in [3.05, 3.63) is 12.2 Å². The van der Waals surface area contributed by atoms with Crippen molar-refractivity contribution in [1.82, 2.24) is 30.7 Å². The van der Waals surface area contributed by atoms with Crippen LogP contribution in [0.2, 0.25) is 0 Å². The summed E-state index contributed by atoms with van der Waals surface area (Å²) in [4.78, 5) is 15.6. The lowest BCUT2D eigenvalue weighted by atomic mass is 10.4. The van der Waals surface area contributed by atoms with Crippen LogP contribution in [0.3, 0.4) is 0 Å². The van der Waals surface area contributed by atoms with Crippen LogP contribution >= 0.6 is 24.0 Å². The zero-order valence-electron chi connectivity index (χ0n) is 13.7. The smallest absolute Gasteiger partial charge is 0.223 e. The van der Waals surface area contributed by atoms with E-state index in [2.05, 4.69) is 38.1 Å². The maximum Gasteiger partial charge on any atom is 0.223 e. The molecular weight excluding hydrogens is 409 g/mol. The first-order valence-electron chi connectivity index (χ1n) is 7.83. The van der Waals surface area contributed by atoms with Crippen molar-refractivity contribution in [3.8, 4) is 0 Å². The maximum absolute atomic E-state index is 11.5. The first-order valence-corrected chi connectivity index (χ1v) is 7.83. The highest BCUT2D eigenvalue weighted by molar-refractivity contribution is 14.0. The number of nitrogens with one attached hydrogen (secondary N) is 3. The zero-order valence-corrected chi connectivity index (χ0v) is 16.0. The van der Waals surface area contributed by atoms with Crippen molar-refractivity contribution >= 4 is 35.8 Å². The molecule has 1 aromatic rings. The van der Waals surface area contributed by atoms with Crippen molar-refractivity contribution in [2.45, 2.75) is 32.7 Å². The fraction of sp³-hybridized carbons (Fsp3) is 0.714. The van der Waals surface area contributed by atoms with Crippen molar-refractivity contribution < 1.29 is 4.79 Å². The molecular formula is C14H26IN7O. The van der Waals surface area contributed by atoms with Gasteiger partial charge in [0, 0.05) is 45.6 Å². The number of hydrogen-bond donors (Lipinski definition) is 3. The molecule has 9 heteroatoms. The maximum atomic E-state index is 11.5. The van der Waals surface area contributed by atoms with Gasteiger partial charge in [-0.1, -0.05) is 6.92 Å². The number of nitrogens with zero attached hydrogens (tertiary/aromatic N) is 4. The molecule has 0 aliphatic heterocycles. The summed E-state index contributed by atoms with van der Waals surface area (Å²) in [6.45, 7) is 4.85. The summed E-state index contributed by atoms with van der Waals surface area (Å²) in [6.07, 6.45) is 4.68. The molecule has 0 atom stereocenters. The predicted molar refractivity (Wildman–Crippen MR) is 99.9 cm³/mol. The van der Waals surface area contributed by atoms with Crippen LogP contribution in [0.5, 0.6) is 0 Å². The normalized spacial score (nSPS) is 14.1. The molecule has 1 heterocycles. The number of aliphatic imine (C=N–C) groups is 1. The molecule has 0 spiro atoms. The Morgan fingerprint density at radius 3 is 2.65 bits per heavy atom. The van der Waals surface area contributed by atoms with Gasteiger partial charge >= 0.3 is 0 Å². The molecule has 1 aliphatic carbocycles. The summed E-state index contributed by atoms with van der Waals surface area (Å²) in [6, 6.07) is 0. The Kier molecular flexibility index (Phi) is 8.89. The van der Waals surface area contributed by atoms with Gasteiger partial charge in [0.2, 0.25) is 5.91 Å². The molecule has 8 nitrogen and oxygen atoms in total. The molecule has 1 aromatic heterocycles. The lowest BCUT2D eigenvalue weighted by Crippen LogP contribution is -2.42. The van der Waals surface area contributed by atoms with Gasteiger partial charge in [0.15, 0.2) is 5.96 Å². The SMILES string of the molecule is CCc1nncn1CCNC(=NC)NCCNC(=O)C1CC1.I. The number of aromatic nitrogens is 3. The van der Waals surface area contributed by atoms with Gasteiger partial charge in [0.25, 0.3) is 0 Å². The summed E-state index contributed by atoms with van der Waals surface area (Å²) < 4.78 is 2.02. The highest BCUT2D eigenvalue weighted by Gasteiger charge is 2.28. The van der Waals surface area contributed by atoms with Gasteiger partial charge < -0.3 is 20.5 Å². The van der Waals surface area contributed by atoms with Crippen molar-refractivity contribution in [2.75, 3.05) is 26.7 Å². The van der Waals surface area contributed by atoms with E-state index in [1.807, 2.05) is 4.57 Å². The Bertz CT molecular complexity index is 513. The lowest BCUT2D eigenvalue weighted by molar-refractivity contribution is -0.122. The summed E-state index contributed by atoms with van der Waals surface area (Å²) >= 11 is 0. The van der Waals surface area contributed by atoms with Crippen LogP contribution < -0.4 is 16.0 Å². The number of rotatable bonds is 8. The average molecular weight is 435 g/mol. The highest BCUT2D eigenvalue weighted by Crippen LogP contribution is 2.28. The van der Waals surface area contributed by atoms with Gasteiger partial charge in [-0.3, -0.25) is 9.79 Å². The van der Waals surface area contributed by atoms with E-state index in [0.717, 1.165) is 44.1 Å². The number of guanidine groups is 1. The number of carbonyl (C=O) groups is 1. The molecule has 23 heavy (non-hydrogen) atoms. The second-order valence-electron chi connectivity index (χ2n) is 5.29.